The van der Waals surface area contributed by atoms with E-state index in [1.165, 1.54) is 10.8 Å². The van der Waals surface area contributed by atoms with Crippen molar-refractivity contribution in [3.05, 3.63) is 95.4 Å². The summed E-state index contributed by atoms with van der Waals surface area (Å²) in [4.78, 5) is 33.9. The zero-order valence-electron chi connectivity index (χ0n) is 16.9. The van der Waals surface area contributed by atoms with Crippen LogP contribution in [0.25, 0.3) is 33.8 Å². The van der Waals surface area contributed by atoms with Crippen LogP contribution < -0.4 is 10.9 Å². The van der Waals surface area contributed by atoms with Crippen molar-refractivity contribution in [1.82, 2.24) is 24.7 Å². The lowest BCUT2D eigenvalue weighted by molar-refractivity contribution is -0.116. The summed E-state index contributed by atoms with van der Waals surface area (Å²) in [6, 6.07) is 24.1. The zero-order chi connectivity index (χ0) is 21.9. The second kappa shape index (κ2) is 8.27. The van der Waals surface area contributed by atoms with Gasteiger partial charge in [0.25, 0.3) is 5.56 Å². The molecule has 32 heavy (non-hydrogen) atoms. The molecule has 0 unspecified atom stereocenters. The van der Waals surface area contributed by atoms with Crippen molar-refractivity contribution >= 4 is 22.6 Å². The number of hydrogen-bond donors (Lipinski definition) is 2. The number of fused-ring (bicyclic) bond motifs is 1. The van der Waals surface area contributed by atoms with Gasteiger partial charge in [-0.15, -0.1) is 0 Å². The van der Waals surface area contributed by atoms with Gasteiger partial charge in [0, 0.05) is 11.1 Å². The van der Waals surface area contributed by atoms with Crippen LogP contribution in [0.1, 0.15) is 0 Å². The second-order valence-electron chi connectivity index (χ2n) is 7.14. The maximum Gasteiger partial charge on any atom is 0.269 e. The predicted molar refractivity (Wildman–Crippen MR) is 122 cm³/mol. The topological polar surface area (TPSA) is 106 Å². The number of nitrogens with one attached hydrogen (secondary N) is 2. The number of rotatable bonds is 5. The summed E-state index contributed by atoms with van der Waals surface area (Å²) in [6.45, 7) is -0.137. The van der Waals surface area contributed by atoms with Crippen molar-refractivity contribution in [2.75, 3.05) is 5.32 Å². The molecule has 5 aromatic rings. The number of aromatic amines is 1. The van der Waals surface area contributed by atoms with Gasteiger partial charge in [-0.25, -0.2) is 9.97 Å². The van der Waals surface area contributed by atoms with Crippen LogP contribution in [-0.4, -0.2) is 30.6 Å². The highest BCUT2D eigenvalue weighted by molar-refractivity contribution is 5.95. The Morgan fingerprint density at radius 1 is 0.938 bits per heavy atom. The number of aromatic nitrogens is 5. The van der Waals surface area contributed by atoms with Crippen molar-refractivity contribution < 1.29 is 4.79 Å². The van der Waals surface area contributed by atoms with Crippen LogP contribution in [0.5, 0.6) is 0 Å². The van der Waals surface area contributed by atoms with Crippen LogP contribution in [0, 0.1) is 0 Å². The van der Waals surface area contributed by atoms with Crippen molar-refractivity contribution in [2.24, 2.45) is 0 Å². The van der Waals surface area contributed by atoms with Crippen LogP contribution in [0.3, 0.4) is 0 Å². The number of carbonyl (C=O) groups is 1. The van der Waals surface area contributed by atoms with Crippen molar-refractivity contribution in [2.45, 2.75) is 6.54 Å². The number of carbonyl (C=O) groups excluding carboxylic acids is 1. The molecular formula is C24H18N6O2. The van der Waals surface area contributed by atoms with Gasteiger partial charge in [0.15, 0.2) is 11.6 Å². The van der Waals surface area contributed by atoms with E-state index >= 15 is 0 Å². The molecule has 2 N–H and O–H groups in total. The molecule has 2 aromatic heterocycles. The number of hydrogen-bond acceptors (Lipinski definition) is 5. The summed E-state index contributed by atoms with van der Waals surface area (Å²) < 4.78 is 1.40. The number of para-hydroxylation sites is 3. The third-order valence-electron chi connectivity index (χ3n) is 5.03. The van der Waals surface area contributed by atoms with E-state index < -0.39 is 0 Å². The SMILES string of the molecule is O=C(Cn1c(=O)cnc2ccccc21)Nc1ccccc1-c1nc(-c2ccccc2)n[nH]1. The third kappa shape index (κ3) is 3.77. The van der Waals surface area contributed by atoms with Gasteiger partial charge < -0.3 is 5.32 Å². The fraction of sp³-hybridized carbons (Fsp3) is 0.0417. The first kappa shape index (κ1) is 19.4. The molecule has 0 fully saturated rings. The summed E-state index contributed by atoms with van der Waals surface area (Å²) in [5.41, 5.74) is 3.07. The molecule has 0 radical (unpaired) electrons. The Balaban J connectivity index is 1.42. The number of nitrogens with zero attached hydrogens (tertiary/aromatic N) is 4. The molecule has 8 nitrogen and oxygen atoms in total. The summed E-state index contributed by atoms with van der Waals surface area (Å²) in [7, 11) is 0. The average molecular weight is 422 g/mol. The van der Waals surface area contributed by atoms with Gasteiger partial charge in [0.05, 0.1) is 22.9 Å². The second-order valence-corrected chi connectivity index (χ2v) is 7.14. The number of benzene rings is 3. The average Bonchev–Trinajstić information content (AvgIpc) is 3.32. The summed E-state index contributed by atoms with van der Waals surface area (Å²) in [5.74, 6) is 0.765. The van der Waals surface area contributed by atoms with Crippen LogP contribution in [-0.2, 0) is 11.3 Å². The van der Waals surface area contributed by atoms with E-state index in [0.717, 1.165) is 5.56 Å². The monoisotopic (exact) mass is 422 g/mol. The Kier molecular flexibility index (Phi) is 5.01. The fourth-order valence-corrected chi connectivity index (χ4v) is 3.51. The molecule has 0 atom stereocenters. The van der Waals surface area contributed by atoms with Crippen LogP contribution in [0.15, 0.2) is 89.9 Å². The molecule has 156 valence electrons. The maximum absolute atomic E-state index is 12.9. The van der Waals surface area contributed by atoms with Gasteiger partial charge in [-0.05, 0) is 24.3 Å². The Hall–Kier alpha value is -4.59. The fourth-order valence-electron chi connectivity index (χ4n) is 3.51. The molecule has 8 heteroatoms. The Bertz CT molecular complexity index is 1470. The lowest BCUT2D eigenvalue weighted by atomic mass is 10.1. The minimum absolute atomic E-state index is 0.137. The molecule has 0 saturated heterocycles. The highest BCUT2D eigenvalue weighted by atomic mass is 16.2. The first-order valence-corrected chi connectivity index (χ1v) is 10.0. The van der Waals surface area contributed by atoms with Gasteiger partial charge >= 0.3 is 0 Å². The van der Waals surface area contributed by atoms with Crippen molar-refractivity contribution in [3.8, 4) is 22.8 Å². The molecule has 5 rings (SSSR count). The van der Waals surface area contributed by atoms with E-state index in [4.69, 9.17) is 0 Å². The van der Waals surface area contributed by atoms with E-state index in [-0.39, 0.29) is 18.0 Å². The standard InChI is InChI=1S/C24H18N6O2/c31-21(15-30-20-13-7-6-12-19(20)25-14-22(30)32)26-18-11-5-4-10-17(18)24-27-23(28-29-24)16-8-2-1-3-9-16/h1-14H,15H2,(H,26,31)(H,27,28,29). The van der Waals surface area contributed by atoms with Crippen LogP contribution in [0.4, 0.5) is 5.69 Å². The lowest BCUT2D eigenvalue weighted by Gasteiger charge is -2.12. The van der Waals surface area contributed by atoms with E-state index in [0.29, 0.717) is 33.9 Å². The van der Waals surface area contributed by atoms with Crippen molar-refractivity contribution in [1.29, 1.82) is 0 Å². The molecule has 0 aliphatic rings. The molecule has 0 spiro atoms. The highest BCUT2D eigenvalue weighted by Crippen LogP contribution is 2.26. The van der Waals surface area contributed by atoms with Gasteiger partial charge in [0.1, 0.15) is 6.54 Å². The molecule has 2 heterocycles. The molecule has 1 amide bonds. The quantitative estimate of drug-likeness (QED) is 0.451. The molecular weight excluding hydrogens is 404 g/mol. The first-order chi connectivity index (χ1) is 15.7. The number of anilines is 1. The summed E-state index contributed by atoms with van der Waals surface area (Å²) in [5, 5.41) is 10.1. The van der Waals surface area contributed by atoms with E-state index in [2.05, 4.69) is 25.5 Å². The lowest BCUT2D eigenvalue weighted by Crippen LogP contribution is -2.28. The third-order valence-corrected chi connectivity index (χ3v) is 5.03. The Morgan fingerprint density at radius 2 is 1.69 bits per heavy atom. The van der Waals surface area contributed by atoms with Gasteiger partial charge in [0.2, 0.25) is 5.91 Å². The summed E-state index contributed by atoms with van der Waals surface area (Å²) in [6.07, 6.45) is 1.23. The van der Waals surface area contributed by atoms with E-state index in [1.54, 1.807) is 24.3 Å². The van der Waals surface area contributed by atoms with Crippen molar-refractivity contribution in [3.63, 3.8) is 0 Å². The molecule has 3 aromatic carbocycles. The largest absolute Gasteiger partial charge is 0.324 e. The smallest absolute Gasteiger partial charge is 0.269 e. The van der Waals surface area contributed by atoms with Gasteiger partial charge in [-0.2, -0.15) is 5.10 Å². The summed E-state index contributed by atoms with van der Waals surface area (Å²) >= 11 is 0. The molecule has 0 saturated carbocycles. The van der Waals surface area contributed by atoms with Gasteiger partial charge in [-0.1, -0.05) is 54.6 Å². The molecule has 0 aliphatic carbocycles. The normalized spacial score (nSPS) is 10.9. The first-order valence-electron chi connectivity index (χ1n) is 10.0. The minimum atomic E-state index is -0.338. The predicted octanol–water partition coefficient (Wildman–Crippen LogP) is 3.49. The Morgan fingerprint density at radius 3 is 2.56 bits per heavy atom. The number of H-pyrrole nitrogens is 1. The van der Waals surface area contributed by atoms with Crippen LogP contribution >= 0.6 is 0 Å². The van der Waals surface area contributed by atoms with Crippen LogP contribution in [0.2, 0.25) is 0 Å². The minimum Gasteiger partial charge on any atom is -0.324 e. The number of amides is 1. The molecule has 0 aliphatic heterocycles. The van der Waals surface area contributed by atoms with E-state index in [9.17, 15) is 9.59 Å². The maximum atomic E-state index is 12.9. The highest BCUT2D eigenvalue weighted by Gasteiger charge is 2.14. The van der Waals surface area contributed by atoms with E-state index in [1.807, 2.05) is 54.6 Å². The Labute approximate surface area is 182 Å². The molecule has 0 bridgehead atoms. The van der Waals surface area contributed by atoms with Gasteiger partial charge in [-0.3, -0.25) is 19.3 Å². The zero-order valence-corrected chi connectivity index (χ0v) is 16.9.